The van der Waals surface area contributed by atoms with Gasteiger partial charge in [-0.25, -0.2) is 0 Å². The maximum absolute atomic E-state index is 11.9. The standard InChI is InChI=1S/C19H30N2O/c1-2-17-7-9-18(10-8-17)11-12-19(22)20-13-16-21-14-5-3-4-6-15-21/h7-10H,2-6,11-16H2,1H3,(H,20,22). The summed E-state index contributed by atoms with van der Waals surface area (Å²) in [5, 5.41) is 3.06. The van der Waals surface area contributed by atoms with Crippen LogP contribution in [0.1, 0.15) is 50.2 Å². The van der Waals surface area contributed by atoms with Crippen molar-refractivity contribution in [3.63, 3.8) is 0 Å². The smallest absolute Gasteiger partial charge is 0.220 e. The van der Waals surface area contributed by atoms with Crippen molar-refractivity contribution in [1.82, 2.24) is 10.2 Å². The van der Waals surface area contributed by atoms with E-state index in [0.29, 0.717) is 6.42 Å². The number of nitrogens with one attached hydrogen (secondary N) is 1. The zero-order valence-electron chi connectivity index (χ0n) is 13.9. The average Bonchev–Trinajstić information content (AvgIpc) is 2.82. The first-order valence-corrected chi connectivity index (χ1v) is 8.85. The van der Waals surface area contributed by atoms with Crippen LogP contribution in [0.4, 0.5) is 0 Å². The molecule has 0 radical (unpaired) electrons. The van der Waals surface area contributed by atoms with Crippen LogP contribution in [0.25, 0.3) is 0 Å². The molecule has 1 fully saturated rings. The van der Waals surface area contributed by atoms with Crippen molar-refractivity contribution in [2.24, 2.45) is 0 Å². The van der Waals surface area contributed by atoms with Gasteiger partial charge in [0, 0.05) is 19.5 Å². The lowest BCUT2D eigenvalue weighted by molar-refractivity contribution is -0.121. The van der Waals surface area contributed by atoms with Crippen molar-refractivity contribution in [3.8, 4) is 0 Å². The van der Waals surface area contributed by atoms with Crippen LogP contribution in [-0.4, -0.2) is 37.0 Å². The Kier molecular flexibility index (Phi) is 7.44. The van der Waals surface area contributed by atoms with Crippen molar-refractivity contribution in [2.45, 2.75) is 51.9 Å². The molecule has 122 valence electrons. The number of amides is 1. The van der Waals surface area contributed by atoms with E-state index in [9.17, 15) is 4.79 Å². The van der Waals surface area contributed by atoms with E-state index in [0.717, 1.165) is 25.9 Å². The zero-order valence-corrected chi connectivity index (χ0v) is 13.9. The van der Waals surface area contributed by atoms with Gasteiger partial charge in [0.1, 0.15) is 0 Å². The average molecular weight is 302 g/mol. The summed E-state index contributed by atoms with van der Waals surface area (Å²) in [5.74, 6) is 0.175. The van der Waals surface area contributed by atoms with Gasteiger partial charge in [-0.15, -0.1) is 0 Å². The van der Waals surface area contributed by atoms with Crippen molar-refractivity contribution < 1.29 is 4.79 Å². The topological polar surface area (TPSA) is 32.3 Å². The number of carbonyl (C=O) groups excluding carboxylic acids is 1. The predicted molar refractivity (Wildman–Crippen MR) is 92.1 cm³/mol. The fourth-order valence-corrected chi connectivity index (χ4v) is 3.00. The van der Waals surface area contributed by atoms with E-state index >= 15 is 0 Å². The van der Waals surface area contributed by atoms with Crippen LogP contribution in [0.3, 0.4) is 0 Å². The Hall–Kier alpha value is -1.35. The third kappa shape index (κ3) is 6.18. The molecule has 1 saturated heterocycles. The molecule has 1 amide bonds. The van der Waals surface area contributed by atoms with Crippen LogP contribution in [-0.2, 0) is 17.6 Å². The molecule has 0 atom stereocenters. The molecule has 1 aliphatic heterocycles. The molecule has 0 bridgehead atoms. The van der Waals surface area contributed by atoms with Gasteiger partial charge < -0.3 is 10.2 Å². The second kappa shape index (κ2) is 9.62. The van der Waals surface area contributed by atoms with Gasteiger partial charge in [0.15, 0.2) is 0 Å². The molecule has 1 aromatic carbocycles. The van der Waals surface area contributed by atoms with Crippen LogP contribution in [0.5, 0.6) is 0 Å². The van der Waals surface area contributed by atoms with Crippen LogP contribution in [0.15, 0.2) is 24.3 Å². The molecule has 1 aliphatic rings. The molecule has 0 aliphatic carbocycles. The largest absolute Gasteiger partial charge is 0.355 e. The van der Waals surface area contributed by atoms with Gasteiger partial charge in [-0.3, -0.25) is 4.79 Å². The molecule has 0 spiro atoms. The van der Waals surface area contributed by atoms with Gasteiger partial charge in [-0.05, 0) is 49.9 Å². The third-order valence-corrected chi connectivity index (χ3v) is 4.52. The van der Waals surface area contributed by atoms with Crippen molar-refractivity contribution in [1.29, 1.82) is 0 Å². The first kappa shape index (κ1) is 17.0. The highest BCUT2D eigenvalue weighted by Crippen LogP contribution is 2.09. The Morgan fingerprint density at radius 2 is 1.68 bits per heavy atom. The molecule has 0 saturated carbocycles. The maximum atomic E-state index is 11.9. The van der Waals surface area contributed by atoms with Gasteiger partial charge in [0.2, 0.25) is 5.91 Å². The summed E-state index contributed by atoms with van der Waals surface area (Å²) in [7, 11) is 0. The second-order valence-electron chi connectivity index (χ2n) is 6.28. The number of hydrogen-bond donors (Lipinski definition) is 1. The predicted octanol–water partition coefficient (Wildman–Crippen LogP) is 3.17. The Morgan fingerprint density at radius 1 is 1.05 bits per heavy atom. The van der Waals surface area contributed by atoms with Crippen molar-refractivity contribution in [2.75, 3.05) is 26.2 Å². The van der Waals surface area contributed by atoms with E-state index < -0.39 is 0 Å². The first-order valence-electron chi connectivity index (χ1n) is 8.85. The lowest BCUT2D eigenvalue weighted by Gasteiger charge is -2.19. The molecule has 2 rings (SSSR count). The highest BCUT2D eigenvalue weighted by atomic mass is 16.1. The molecule has 1 aromatic rings. The molecule has 1 N–H and O–H groups in total. The van der Waals surface area contributed by atoms with Crippen molar-refractivity contribution in [3.05, 3.63) is 35.4 Å². The second-order valence-corrected chi connectivity index (χ2v) is 6.28. The van der Waals surface area contributed by atoms with Gasteiger partial charge in [-0.1, -0.05) is 44.0 Å². The Balaban J connectivity index is 1.60. The summed E-state index contributed by atoms with van der Waals surface area (Å²) in [5.41, 5.74) is 2.60. The number of aryl methyl sites for hydroxylation is 2. The van der Waals surface area contributed by atoms with E-state index in [1.165, 1.54) is 49.9 Å². The van der Waals surface area contributed by atoms with Gasteiger partial charge in [0.05, 0.1) is 0 Å². The molecule has 22 heavy (non-hydrogen) atoms. The van der Waals surface area contributed by atoms with E-state index in [2.05, 4.69) is 41.4 Å². The van der Waals surface area contributed by atoms with Crippen LogP contribution < -0.4 is 5.32 Å². The quantitative estimate of drug-likeness (QED) is 0.839. The zero-order chi connectivity index (χ0) is 15.6. The number of hydrogen-bond acceptors (Lipinski definition) is 2. The summed E-state index contributed by atoms with van der Waals surface area (Å²) >= 11 is 0. The summed E-state index contributed by atoms with van der Waals surface area (Å²) in [6.07, 6.45) is 7.82. The Bertz CT molecular complexity index is 433. The minimum atomic E-state index is 0.175. The Morgan fingerprint density at radius 3 is 2.32 bits per heavy atom. The van der Waals surface area contributed by atoms with Gasteiger partial charge >= 0.3 is 0 Å². The van der Waals surface area contributed by atoms with Crippen molar-refractivity contribution >= 4 is 5.91 Å². The number of nitrogens with zero attached hydrogens (tertiary/aromatic N) is 1. The fraction of sp³-hybridized carbons (Fsp3) is 0.632. The Labute approximate surface area is 135 Å². The number of carbonyl (C=O) groups is 1. The molecule has 3 heteroatoms. The van der Waals surface area contributed by atoms with Crippen LogP contribution >= 0.6 is 0 Å². The monoisotopic (exact) mass is 302 g/mol. The molecular formula is C19H30N2O. The fourth-order valence-electron chi connectivity index (χ4n) is 3.00. The normalized spacial score (nSPS) is 16.2. The maximum Gasteiger partial charge on any atom is 0.220 e. The van der Waals surface area contributed by atoms with Gasteiger partial charge in [-0.2, -0.15) is 0 Å². The first-order chi connectivity index (χ1) is 10.8. The minimum Gasteiger partial charge on any atom is -0.355 e. The lowest BCUT2D eigenvalue weighted by Crippen LogP contribution is -2.35. The highest BCUT2D eigenvalue weighted by Gasteiger charge is 2.09. The van der Waals surface area contributed by atoms with Gasteiger partial charge in [0.25, 0.3) is 0 Å². The lowest BCUT2D eigenvalue weighted by atomic mass is 10.1. The SMILES string of the molecule is CCc1ccc(CCC(=O)NCCN2CCCCCC2)cc1. The summed E-state index contributed by atoms with van der Waals surface area (Å²) < 4.78 is 0. The summed E-state index contributed by atoms with van der Waals surface area (Å²) in [6.45, 7) is 6.33. The van der Waals surface area contributed by atoms with E-state index in [4.69, 9.17) is 0 Å². The highest BCUT2D eigenvalue weighted by molar-refractivity contribution is 5.76. The van der Waals surface area contributed by atoms with E-state index in [-0.39, 0.29) is 5.91 Å². The molecule has 0 aromatic heterocycles. The van der Waals surface area contributed by atoms with E-state index in [1.807, 2.05) is 0 Å². The van der Waals surface area contributed by atoms with E-state index in [1.54, 1.807) is 0 Å². The molecule has 3 nitrogen and oxygen atoms in total. The molecular weight excluding hydrogens is 272 g/mol. The summed E-state index contributed by atoms with van der Waals surface area (Å²) in [4.78, 5) is 14.4. The van der Waals surface area contributed by atoms with Crippen LogP contribution in [0, 0.1) is 0 Å². The third-order valence-electron chi connectivity index (χ3n) is 4.52. The number of likely N-dealkylation sites (tertiary alicyclic amines) is 1. The number of benzene rings is 1. The minimum absolute atomic E-state index is 0.175. The molecule has 0 unspecified atom stereocenters. The summed E-state index contributed by atoms with van der Waals surface area (Å²) in [6, 6.07) is 8.60. The number of rotatable bonds is 7. The van der Waals surface area contributed by atoms with Crippen LogP contribution in [0.2, 0.25) is 0 Å². The molecule has 1 heterocycles.